The molecule has 3 rings (SSSR count). The molecule has 1 unspecified atom stereocenters. The Balaban J connectivity index is 1.83. The van der Waals surface area contributed by atoms with Crippen molar-refractivity contribution in [3.8, 4) is 11.5 Å². The third-order valence-corrected chi connectivity index (χ3v) is 4.19. The number of nitrogens with zero attached hydrogens (tertiary/aromatic N) is 1. The van der Waals surface area contributed by atoms with Gasteiger partial charge in [0, 0.05) is 40.9 Å². The van der Waals surface area contributed by atoms with E-state index < -0.39 is 10.8 Å². The van der Waals surface area contributed by atoms with Crippen LogP contribution >= 0.6 is 0 Å². The van der Waals surface area contributed by atoms with Crippen LogP contribution in [0.5, 0.6) is 11.5 Å². The molecular formula is C15H18N2O3S. The van der Waals surface area contributed by atoms with Crippen molar-refractivity contribution in [1.82, 2.24) is 4.98 Å². The summed E-state index contributed by atoms with van der Waals surface area (Å²) in [6.07, 6.45) is 4.35. The van der Waals surface area contributed by atoms with Crippen molar-refractivity contribution in [3.63, 3.8) is 0 Å². The van der Waals surface area contributed by atoms with Gasteiger partial charge in [0.05, 0.1) is 0 Å². The maximum atomic E-state index is 11.1. The van der Waals surface area contributed by atoms with E-state index in [1.165, 1.54) is 0 Å². The number of ether oxygens (including phenoxy) is 2. The Morgan fingerprint density at radius 1 is 1.29 bits per heavy atom. The molecule has 0 saturated heterocycles. The smallest absolute Gasteiger partial charge is 0.162 e. The second kappa shape index (κ2) is 6.30. The lowest BCUT2D eigenvalue weighted by Gasteiger charge is -2.19. The summed E-state index contributed by atoms with van der Waals surface area (Å²) in [7, 11) is -0.749. The van der Waals surface area contributed by atoms with Crippen LogP contribution in [-0.4, -0.2) is 41.0 Å². The summed E-state index contributed by atoms with van der Waals surface area (Å²) in [4.78, 5) is 4.39. The summed E-state index contributed by atoms with van der Waals surface area (Å²) in [5.74, 6) is 3.07. The lowest BCUT2D eigenvalue weighted by Crippen LogP contribution is -2.15. The fourth-order valence-electron chi connectivity index (χ4n) is 2.33. The molecule has 6 heteroatoms. The normalized spacial score (nSPS) is 14.9. The summed E-state index contributed by atoms with van der Waals surface area (Å²) in [6.45, 7) is 1.91. The Bertz CT molecular complexity index is 675. The molecule has 1 aliphatic heterocycles. The van der Waals surface area contributed by atoms with Crippen LogP contribution in [0.3, 0.4) is 0 Å². The van der Waals surface area contributed by atoms with Gasteiger partial charge in [-0.15, -0.1) is 0 Å². The van der Waals surface area contributed by atoms with E-state index in [2.05, 4.69) is 10.3 Å². The minimum Gasteiger partial charge on any atom is -0.486 e. The molecule has 2 heterocycles. The van der Waals surface area contributed by atoms with Crippen LogP contribution in [0.15, 0.2) is 24.4 Å². The number of anilines is 1. The lowest BCUT2D eigenvalue weighted by molar-refractivity contribution is 0.172. The lowest BCUT2D eigenvalue weighted by atomic mass is 10.1. The first-order valence-corrected chi connectivity index (χ1v) is 8.69. The van der Waals surface area contributed by atoms with Gasteiger partial charge >= 0.3 is 0 Å². The predicted octanol–water partition coefficient (Wildman–Crippen LogP) is 2.19. The van der Waals surface area contributed by atoms with Crippen molar-refractivity contribution in [2.75, 3.05) is 37.1 Å². The second-order valence-corrected chi connectivity index (χ2v) is 6.49. The first-order valence-electron chi connectivity index (χ1n) is 6.96. The Kier molecular flexibility index (Phi) is 4.24. The second-order valence-electron chi connectivity index (χ2n) is 4.93. The van der Waals surface area contributed by atoms with Crippen molar-refractivity contribution in [2.24, 2.45) is 0 Å². The van der Waals surface area contributed by atoms with Gasteiger partial charge in [-0.2, -0.15) is 0 Å². The highest BCUT2D eigenvalue weighted by Gasteiger charge is 2.14. The molecule has 112 valence electrons. The first-order chi connectivity index (χ1) is 10.2. The van der Waals surface area contributed by atoms with Gasteiger partial charge in [0.15, 0.2) is 11.5 Å². The van der Waals surface area contributed by atoms with E-state index in [4.69, 9.17) is 9.47 Å². The molecule has 0 radical (unpaired) electrons. The van der Waals surface area contributed by atoms with Gasteiger partial charge in [0.2, 0.25) is 0 Å². The first kappa shape index (κ1) is 14.1. The molecule has 0 fully saturated rings. The number of fused-ring (bicyclic) bond motifs is 2. The van der Waals surface area contributed by atoms with Gasteiger partial charge < -0.3 is 14.8 Å². The Hall–Kier alpha value is -1.82. The molecule has 1 N–H and O–H groups in total. The molecule has 1 aromatic heterocycles. The molecule has 0 spiro atoms. The molecule has 1 aromatic carbocycles. The van der Waals surface area contributed by atoms with Crippen LogP contribution in [0.2, 0.25) is 0 Å². The number of rotatable bonds is 5. The maximum Gasteiger partial charge on any atom is 0.162 e. The van der Waals surface area contributed by atoms with Crippen LogP contribution in [0.1, 0.15) is 6.42 Å². The van der Waals surface area contributed by atoms with Crippen LogP contribution in [0.25, 0.3) is 10.8 Å². The highest BCUT2D eigenvalue weighted by Crippen LogP contribution is 2.36. The molecule has 21 heavy (non-hydrogen) atoms. The van der Waals surface area contributed by atoms with Crippen molar-refractivity contribution >= 4 is 27.4 Å². The van der Waals surface area contributed by atoms with Gasteiger partial charge in [-0.05, 0) is 30.0 Å². The Morgan fingerprint density at radius 2 is 2.05 bits per heavy atom. The third kappa shape index (κ3) is 3.26. The fraction of sp³-hybridized carbons (Fsp3) is 0.400. The van der Waals surface area contributed by atoms with E-state index in [9.17, 15) is 4.21 Å². The largest absolute Gasteiger partial charge is 0.486 e. The number of nitrogens with one attached hydrogen (secondary N) is 1. The van der Waals surface area contributed by atoms with Crippen molar-refractivity contribution in [1.29, 1.82) is 0 Å². The van der Waals surface area contributed by atoms with Gasteiger partial charge in [0.1, 0.15) is 19.0 Å². The number of hydrogen-bond donors (Lipinski definition) is 1. The number of benzene rings is 1. The standard InChI is InChI=1S/C15H18N2O3S/c1-21(18)8-2-4-16-15-12-10-14-13(19-6-7-20-14)9-11(12)3-5-17-15/h3,5,9-10H,2,4,6-8H2,1H3,(H,16,17). The molecule has 1 atom stereocenters. The fourth-order valence-corrected chi connectivity index (χ4v) is 2.88. The summed E-state index contributed by atoms with van der Waals surface area (Å²) in [5.41, 5.74) is 0. The Labute approximate surface area is 126 Å². The van der Waals surface area contributed by atoms with E-state index >= 15 is 0 Å². The summed E-state index contributed by atoms with van der Waals surface area (Å²) >= 11 is 0. The zero-order valence-corrected chi connectivity index (χ0v) is 12.7. The highest BCUT2D eigenvalue weighted by molar-refractivity contribution is 7.84. The topological polar surface area (TPSA) is 60.5 Å². The Morgan fingerprint density at radius 3 is 2.81 bits per heavy atom. The molecule has 5 nitrogen and oxygen atoms in total. The van der Waals surface area contributed by atoms with Crippen LogP contribution < -0.4 is 14.8 Å². The van der Waals surface area contributed by atoms with Crippen molar-refractivity contribution < 1.29 is 13.7 Å². The monoisotopic (exact) mass is 306 g/mol. The minimum atomic E-state index is -0.749. The number of hydrogen-bond acceptors (Lipinski definition) is 5. The van der Waals surface area contributed by atoms with Gasteiger partial charge in [-0.1, -0.05) is 0 Å². The summed E-state index contributed by atoms with van der Waals surface area (Å²) in [6, 6.07) is 5.91. The molecular weight excluding hydrogens is 288 g/mol. The van der Waals surface area contributed by atoms with Crippen LogP contribution in [0.4, 0.5) is 5.82 Å². The van der Waals surface area contributed by atoms with E-state index in [-0.39, 0.29) is 0 Å². The zero-order valence-electron chi connectivity index (χ0n) is 11.9. The van der Waals surface area contributed by atoms with E-state index in [1.54, 1.807) is 12.5 Å². The zero-order chi connectivity index (χ0) is 14.7. The van der Waals surface area contributed by atoms with E-state index in [0.29, 0.717) is 19.0 Å². The summed E-state index contributed by atoms with van der Waals surface area (Å²) in [5, 5.41) is 5.39. The molecule has 0 aliphatic carbocycles. The predicted molar refractivity (Wildman–Crippen MR) is 84.8 cm³/mol. The highest BCUT2D eigenvalue weighted by atomic mass is 32.2. The molecule has 0 bridgehead atoms. The van der Waals surface area contributed by atoms with Crippen molar-refractivity contribution in [2.45, 2.75) is 6.42 Å². The third-order valence-electron chi connectivity index (χ3n) is 3.33. The van der Waals surface area contributed by atoms with Gasteiger partial charge in [0.25, 0.3) is 0 Å². The molecule has 0 saturated carbocycles. The quantitative estimate of drug-likeness (QED) is 0.858. The maximum absolute atomic E-state index is 11.1. The van der Waals surface area contributed by atoms with Crippen molar-refractivity contribution in [3.05, 3.63) is 24.4 Å². The molecule has 2 aromatic rings. The van der Waals surface area contributed by atoms with Crippen LogP contribution in [-0.2, 0) is 10.8 Å². The molecule has 0 amide bonds. The van der Waals surface area contributed by atoms with E-state index in [1.807, 2.05) is 18.2 Å². The minimum absolute atomic E-state index is 0.573. The summed E-state index contributed by atoms with van der Waals surface area (Å²) < 4.78 is 22.3. The SMILES string of the molecule is CS(=O)CCCNc1nccc2cc3c(cc12)OCCO3. The average Bonchev–Trinajstić information content (AvgIpc) is 2.49. The molecule has 1 aliphatic rings. The van der Waals surface area contributed by atoms with Gasteiger partial charge in [-0.25, -0.2) is 4.98 Å². The van der Waals surface area contributed by atoms with Crippen LogP contribution in [0, 0.1) is 0 Å². The number of pyridine rings is 1. The number of aromatic nitrogens is 1. The average molecular weight is 306 g/mol. The van der Waals surface area contributed by atoms with Gasteiger partial charge in [-0.3, -0.25) is 4.21 Å². The van der Waals surface area contributed by atoms with E-state index in [0.717, 1.165) is 41.1 Å².